The number of sulfonamides is 1. The number of methoxy groups -OCH3 is 3. The summed E-state index contributed by atoms with van der Waals surface area (Å²) in [7, 11) is -0.0655. The number of esters is 1. The number of carbonyl (C=O) groups is 2. The Bertz CT molecular complexity index is 1370. The van der Waals surface area contributed by atoms with E-state index in [0.29, 0.717) is 11.3 Å². The van der Waals surface area contributed by atoms with Crippen LogP contribution in [0.4, 0.5) is 11.4 Å². The van der Waals surface area contributed by atoms with Gasteiger partial charge >= 0.3 is 5.97 Å². The molecule has 0 spiro atoms. The number of carbonyl (C=O) groups excluding carboxylic acids is 2. The van der Waals surface area contributed by atoms with E-state index >= 15 is 0 Å². The van der Waals surface area contributed by atoms with Gasteiger partial charge in [0, 0.05) is 12.1 Å². The number of nitrogens with zero attached hydrogens (tertiary/aromatic N) is 1. The monoisotopic (exact) mass is 512 g/mol. The van der Waals surface area contributed by atoms with Gasteiger partial charge in [0.2, 0.25) is 5.91 Å². The Morgan fingerprint density at radius 1 is 0.889 bits per heavy atom. The van der Waals surface area contributed by atoms with Gasteiger partial charge in [-0.2, -0.15) is 0 Å². The number of amides is 1. The molecule has 0 aliphatic heterocycles. The number of nitrogens with one attached hydrogen (secondary N) is 1. The standard InChI is InChI=1S/C26H28N2O7S/c1-17-11-12-22(18(2)13-17)28(36(31,32)19-9-7-6-8-10-19)16-25(29)27-21-15-24(34-4)23(33-3)14-20(21)26(30)35-5/h6-15H,16H2,1-5H3,(H,27,29). The Labute approximate surface area is 210 Å². The molecule has 0 heterocycles. The van der Waals surface area contributed by atoms with Gasteiger partial charge in [0.15, 0.2) is 11.5 Å². The lowest BCUT2D eigenvalue weighted by molar-refractivity contribution is -0.114. The lowest BCUT2D eigenvalue weighted by Crippen LogP contribution is -2.38. The fourth-order valence-corrected chi connectivity index (χ4v) is 5.19. The van der Waals surface area contributed by atoms with E-state index in [9.17, 15) is 18.0 Å². The fourth-order valence-electron chi connectivity index (χ4n) is 3.69. The number of hydrogen-bond acceptors (Lipinski definition) is 7. The summed E-state index contributed by atoms with van der Waals surface area (Å²) < 4.78 is 43.6. The van der Waals surface area contributed by atoms with Crippen LogP contribution in [0.2, 0.25) is 0 Å². The molecule has 0 aliphatic rings. The average molecular weight is 513 g/mol. The summed E-state index contributed by atoms with van der Waals surface area (Å²) in [5.41, 5.74) is 2.10. The van der Waals surface area contributed by atoms with E-state index in [4.69, 9.17) is 14.2 Å². The van der Waals surface area contributed by atoms with Crippen molar-refractivity contribution in [2.75, 3.05) is 37.5 Å². The van der Waals surface area contributed by atoms with Crippen LogP contribution >= 0.6 is 0 Å². The maximum atomic E-state index is 13.6. The van der Waals surface area contributed by atoms with Crippen LogP contribution in [0.1, 0.15) is 21.5 Å². The number of aryl methyl sites for hydroxylation is 2. The molecule has 0 aliphatic carbocycles. The zero-order valence-corrected chi connectivity index (χ0v) is 21.5. The second-order valence-corrected chi connectivity index (χ2v) is 9.77. The summed E-state index contributed by atoms with van der Waals surface area (Å²) in [4.78, 5) is 25.6. The first-order chi connectivity index (χ1) is 17.1. The van der Waals surface area contributed by atoms with Gasteiger partial charge in [-0.15, -0.1) is 0 Å². The first-order valence-electron chi connectivity index (χ1n) is 10.9. The van der Waals surface area contributed by atoms with Crippen LogP contribution in [0.5, 0.6) is 11.5 Å². The Morgan fingerprint density at radius 3 is 2.11 bits per heavy atom. The Hall–Kier alpha value is -4.05. The minimum atomic E-state index is -4.10. The van der Waals surface area contributed by atoms with Gasteiger partial charge in [0.05, 0.1) is 43.2 Å². The van der Waals surface area contributed by atoms with Gasteiger partial charge in [0.1, 0.15) is 6.54 Å². The molecule has 0 radical (unpaired) electrons. The quantitative estimate of drug-likeness (QED) is 0.432. The van der Waals surface area contributed by atoms with Crippen molar-refractivity contribution in [1.82, 2.24) is 0 Å². The number of rotatable bonds is 9. The molecule has 10 heteroatoms. The molecule has 0 atom stereocenters. The summed E-state index contributed by atoms with van der Waals surface area (Å²) in [6.07, 6.45) is 0. The summed E-state index contributed by atoms with van der Waals surface area (Å²) in [6.45, 7) is 3.12. The first-order valence-corrected chi connectivity index (χ1v) is 12.4. The molecule has 0 bridgehead atoms. The molecular weight excluding hydrogens is 484 g/mol. The van der Waals surface area contributed by atoms with Gasteiger partial charge in [-0.25, -0.2) is 13.2 Å². The number of benzene rings is 3. The van der Waals surface area contributed by atoms with Crippen LogP contribution in [0.3, 0.4) is 0 Å². The molecule has 0 saturated heterocycles. The molecule has 3 aromatic rings. The van der Waals surface area contributed by atoms with Crippen molar-refractivity contribution in [3.8, 4) is 11.5 Å². The van der Waals surface area contributed by atoms with Crippen molar-refractivity contribution in [2.45, 2.75) is 18.7 Å². The maximum absolute atomic E-state index is 13.6. The third kappa shape index (κ3) is 5.60. The van der Waals surface area contributed by atoms with E-state index in [0.717, 1.165) is 9.87 Å². The topological polar surface area (TPSA) is 111 Å². The van der Waals surface area contributed by atoms with Gasteiger partial charge in [0.25, 0.3) is 10.0 Å². The lowest BCUT2D eigenvalue weighted by atomic mass is 10.1. The predicted octanol–water partition coefficient (Wildman–Crippen LogP) is 3.94. The van der Waals surface area contributed by atoms with Gasteiger partial charge in [-0.3, -0.25) is 9.10 Å². The van der Waals surface area contributed by atoms with E-state index < -0.39 is 28.4 Å². The van der Waals surface area contributed by atoms with Crippen molar-refractivity contribution >= 4 is 33.3 Å². The molecule has 36 heavy (non-hydrogen) atoms. The van der Waals surface area contributed by atoms with E-state index in [-0.39, 0.29) is 27.6 Å². The molecule has 0 aromatic heterocycles. The van der Waals surface area contributed by atoms with Crippen LogP contribution < -0.4 is 19.1 Å². The van der Waals surface area contributed by atoms with Crippen molar-refractivity contribution in [2.24, 2.45) is 0 Å². The van der Waals surface area contributed by atoms with E-state index in [1.807, 2.05) is 13.0 Å². The van der Waals surface area contributed by atoms with Crippen LogP contribution in [-0.2, 0) is 19.6 Å². The molecule has 1 N–H and O–H groups in total. The number of ether oxygens (including phenoxy) is 3. The highest BCUT2D eigenvalue weighted by molar-refractivity contribution is 7.92. The van der Waals surface area contributed by atoms with Gasteiger partial charge in [-0.05, 0) is 37.6 Å². The highest BCUT2D eigenvalue weighted by Gasteiger charge is 2.29. The predicted molar refractivity (Wildman–Crippen MR) is 136 cm³/mol. The highest BCUT2D eigenvalue weighted by atomic mass is 32.2. The Kier molecular flexibility index (Phi) is 8.21. The molecule has 3 rings (SSSR count). The summed E-state index contributed by atoms with van der Waals surface area (Å²) >= 11 is 0. The average Bonchev–Trinajstić information content (AvgIpc) is 2.87. The lowest BCUT2D eigenvalue weighted by Gasteiger charge is -2.26. The van der Waals surface area contributed by atoms with Crippen LogP contribution in [0, 0.1) is 13.8 Å². The van der Waals surface area contributed by atoms with Crippen LogP contribution in [0.25, 0.3) is 0 Å². The van der Waals surface area contributed by atoms with E-state index in [1.54, 1.807) is 37.3 Å². The van der Waals surface area contributed by atoms with Crippen LogP contribution in [0.15, 0.2) is 65.6 Å². The van der Waals surface area contributed by atoms with Crippen molar-refractivity contribution in [3.05, 3.63) is 77.4 Å². The minimum absolute atomic E-state index is 0.0208. The molecule has 0 saturated carbocycles. The second kappa shape index (κ2) is 11.1. The molecule has 9 nitrogen and oxygen atoms in total. The van der Waals surface area contributed by atoms with Gasteiger partial charge in [-0.1, -0.05) is 35.9 Å². The third-order valence-corrected chi connectivity index (χ3v) is 7.22. The smallest absolute Gasteiger partial charge is 0.340 e. The Morgan fingerprint density at radius 2 is 1.53 bits per heavy atom. The van der Waals surface area contributed by atoms with Crippen molar-refractivity contribution in [3.63, 3.8) is 0 Å². The molecular formula is C26H28N2O7S. The number of anilines is 2. The molecule has 3 aromatic carbocycles. The van der Waals surface area contributed by atoms with Crippen LogP contribution in [-0.4, -0.2) is 48.2 Å². The summed E-state index contributed by atoms with van der Waals surface area (Å²) in [6, 6.07) is 15.9. The maximum Gasteiger partial charge on any atom is 0.340 e. The molecule has 0 fully saturated rings. The SMILES string of the molecule is COC(=O)c1cc(OC)c(OC)cc1NC(=O)CN(c1ccc(C)cc1C)S(=O)(=O)c1ccccc1. The van der Waals surface area contributed by atoms with E-state index in [1.165, 1.54) is 45.6 Å². The van der Waals surface area contributed by atoms with Crippen molar-refractivity contribution < 1.29 is 32.2 Å². The molecule has 0 unspecified atom stereocenters. The second-order valence-electron chi connectivity index (χ2n) is 7.91. The molecule has 1 amide bonds. The third-order valence-electron chi connectivity index (χ3n) is 5.44. The van der Waals surface area contributed by atoms with Gasteiger partial charge < -0.3 is 19.5 Å². The normalized spacial score (nSPS) is 10.9. The summed E-state index contributed by atoms with van der Waals surface area (Å²) in [5.74, 6) is -0.857. The molecule has 190 valence electrons. The first kappa shape index (κ1) is 26.6. The summed E-state index contributed by atoms with van der Waals surface area (Å²) in [5, 5.41) is 2.62. The fraction of sp³-hybridized carbons (Fsp3) is 0.231. The zero-order chi connectivity index (χ0) is 26.5. The zero-order valence-electron chi connectivity index (χ0n) is 20.7. The van der Waals surface area contributed by atoms with E-state index in [2.05, 4.69) is 5.32 Å². The highest BCUT2D eigenvalue weighted by Crippen LogP contribution is 2.34. The number of hydrogen-bond donors (Lipinski definition) is 1. The minimum Gasteiger partial charge on any atom is -0.493 e. The Balaban J connectivity index is 2.04. The van der Waals surface area contributed by atoms with Crippen molar-refractivity contribution in [1.29, 1.82) is 0 Å². The largest absolute Gasteiger partial charge is 0.493 e.